The quantitative estimate of drug-likeness (QED) is 0.815. The molecule has 1 aliphatic rings. The van der Waals surface area contributed by atoms with E-state index in [4.69, 9.17) is 0 Å². The van der Waals surface area contributed by atoms with Gasteiger partial charge >= 0.3 is 0 Å². The Bertz CT molecular complexity index is 386. The Morgan fingerprint density at radius 3 is 2.47 bits per heavy atom. The summed E-state index contributed by atoms with van der Waals surface area (Å²) < 4.78 is 40.0. The molecular weight excluding hydrogens is 229 g/mol. The first-order valence-corrected chi connectivity index (χ1v) is 5.71. The molecule has 1 aromatic rings. The summed E-state index contributed by atoms with van der Waals surface area (Å²) in [6.07, 6.45) is 0.802. The van der Waals surface area contributed by atoms with Gasteiger partial charge in [0.1, 0.15) is 11.5 Å². The second-order valence-corrected chi connectivity index (χ2v) is 4.35. The van der Waals surface area contributed by atoms with Crippen LogP contribution in [-0.4, -0.2) is 25.7 Å². The summed E-state index contributed by atoms with van der Waals surface area (Å²) in [7, 11) is 0. The highest BCUT2D eigenvalue weighted by Gasteiger charge is 2.20. The van der Waals surface area contributed by atoms with Crippen LogP contribution >= 0.6 is 0 Å². The van der Waals surface area contributed by atoms with E-state index in [1.54, 1.807) is 4.90 Å². The Balaban J connectivity index is 2.27. The summed E-state index contributed by atoms with van der Waals surface area (Å²) in [5, 5.41) is 3.23. The minimum absolute atomic E-state index is 0.123. The number of nitrogens with zero attached hydrogens (tertiary/aromatic N) is 1. The fourth-order valence-electron chi connectivity index (χ4n) is 2.07. The van der Waals surface area contributed by atoms with E-state index in [1.165, 1.54) is 0 Å². The van der Waals surface area contributed by atoms with Gasteiger partial charge in [0.05, 0.1) is 0 Å². The molecule has 0 aliphatic carbocycles. The monoisotopic (exact) mass is 244 g/mol. The van der Waals surface area contributed by atoms with Crippen LogP contribution in [0.4, 0.5) is 18.9 Å². The lowest BCUT2D eigenvalue weighted by Gasteiger charge is -2.23. The third-order valence-corrected chi connectivity index (χ3v) is 3.00. The fourth-order valence-corrected chi connectivity index (χ4v) is 2.07. The van der Waals surface area contributed by atoms with Crippen LogP contribution in [-0.2, 0) is 0 Å². The second-order valence-electron chi connectivity index (χ2n) is 4.35. The van der Waals surface area contributed by atoms with E-state index in [9.17, 15) is 13.2 Å². The van der Waals surface area contributed by atoms with Gasteiger partial charge in [-0.05, 0) is 13.3 Å². The number of anilines is 1. The summed E-state index contributed by atoms with van der Waals surface area (Å²) in [5.74, 6) is -2.56. The summed E-state index contributed by atoms with van der Waals surface area (Å²) in [5.41, 5.74) is -0.123. The SMILES string of the molecule is CC1CCN(c2c(F)cc(F)cc2F)CCN1. The van der Waals surface area contributed by atoms with E-state index in [0.717, 1.165) is 18.6 Å². The van der Waals surface area contributed by atoms with Crippen LogP contribution in [0.5, 0.6) is 0 Å². The molecule has 0 bridgehead atoms. The largest absolute Gasteiger partial charge is 0.365 e. The molecule has 5 heteroatoms. The van der Waals surface area contributed by atoms with Gasteiger partial charge in [0.15, 0.2) is 11.6 Å². The molecule has 0 saturated carbocycles. The molecule has 1 N–H and O–H groups in total. The maximum atomic E-state index is 13.6. The number of nitrogens with one attached hydrogen (secondary N) is 1. The van der Waals surface area contributed by atoms with Crippen LogP contribution < -0.4 is 10.2 Å². The van der Waals surface area contributed by atoms with E-state index in [0.29, 0.717) is 25.7 Å². The Labute approximate surface area is 98.4 Å². The first-order chi connectivity index (χ1) is 8.08. The molecule has 94 valence electrons. The van der Waals surface area contributed by atoms with Crippen LogP contribution in [0.1, 0.15) is 13.3 Å². The molecule has 1 aliphatic heterocycles. The van der Waals surface area contributed by atoms with Gasteiger partial charge in [0.25, 0.3) is 0 Å². The lowest BCUT2D eigenvalue weighted by Crippen LogP contribution is -2.30. The zero-order valence-corrected chi connectivity index (χ0v) is 9.64. The minimum atomic E-state index is -0.884. The predicted molar refractivity (Wildman–Crippen MR) is 60.6 cm³/mol. The summed E-state index contributed by atoms with van der Waals surface area (Å²) in [6.45, 7) is 3.77. The molecule has 1 aromatic carbocycles. The van der Waals surface area contributed by atoms with Crippen molar-refractivity contribution in [2.24, 2.45) is 0 Å². The van der Waals surface area contributed by atoms with Crippen molar-refractivity contribution in [2.75, 3.05) is 24.5 Å². The molecular formula is C12H15F3N2. The first kappa shape index (κ1) is 12.2. The standard InChI is InChI=1S/C12H15F3N2/c1-8-2-4-17(5-3-16-8)12-10(14)6-9(13)7-11(12)15/h6-8,16H,2-5H2,1H3. The summed E-state index contributed by atoms with van der Waals surface area (Å²) in [6, 6.07) is 1.77. The van der Waals surface area contributed by atoms with Crippen molar-refractivity contribution in [3.63, 3.8) is 0 Å². The highest BCUT2D eigenvalue weighted by atomic mass is 19.1. The molecule has 2 rings (SSSR count). The topological polar surface area (TPSA) is 15.3 Å². The number of rotatable bonds is 1. The van der Waals surface area contributed by atoms with E-state index in [2.05, 4.69) is 5.32 Å². The van der Waals surface area contributed by atoms with Crippen molar-refractivity contribution in [3.8, 4) is 0 Å². The van der Waals surface area contributed by atoms with Gasteiger partial charge in [-0.15, -0.1) is 0 Å². The van der Waals surface area contributed by atoms with Gasteiger partial charge in [0, 0.05) is 37.8 Å². The van der Waals surface area contributed by atoms with E-state index >= 15 is 0 Å². The molecule has 1 fully saturated rings. The molecule has 1 atom stereocenters. The van der Waals surface area contributed by atoms with Crippen LogP contribution in [0.3, 0.4) is 0 Å². The van der Waals surface area contributed by atoms with Gasteiger partial charge in [-0.2, -0.15) is 0 Å². The molecule has 1 unspecified atom stereocenters. The molecule has 1 heterocycles. The molecule has 17 heavy (non-hydrogen) atoms. The maximum Gasteiger partial charge on any atom is 0.152 e. The van der Waals surface area contributed by atoms with E-state index in [1.807, 2.05) is 6.92 Å². The maximum absolute atomic E-state index is 13.6. The Kier molecular flexibility index (Phi) is 3.57. The van der Waals surface area contributed by atoms with Gasteiger partial charge in [-0.1, -0.05) is 0 Å². The fraction of sp³-hybridized carbons (Fsp3) is 0.500. The summed E-state index contributed by atoms with van der Waals surface area (Å²) >= 11 is 0. The van der Waals surface area contributed by atoms with Gasteiger partial charge in [0.2, 0.25) is 0 Å². The Hall–Kier alpha value is -1.23. The van der Waals surface area contributed by atoms with Gasteiger partial charge < -0.3 is 10.2 Å². The molecule has 0 radical (unpaired) electrons. The zero-order chi connectivity index (χ0) is 12.4. The summed E-state index contributed by atoms with van der Waals surface area (Å²) in [4.78, 5) is 1.63. The first-order valence-electron chi connectivity index (χ1n) is 5.71. The minimum Gasteiger partial charge on any atom is -0.365 e. The van der Waals surface area contributed by atoms with E-state index in [-0.39, 0.29) is 5.69 Å². The lowest BCUT2D eigenvalue weighted by atomic mass is 10.2. The Morgan fingerprint density at radius 1 is 1.18 bits per heavy atom. The number of hydrogen-bond acceptors (Lipinski definition) is 2. The molecule has 0 spiro atoms. The van der Waals surface area contributed by atoms with Gasteiger partial charge in [-0.25, -0.2) is 13.2 Å². The van der Waals surface area contributed by atoms with Crippen LogP contribution in [0.2, 0.25) is 0 Å². The smallest absolute Gasteiger partial charge is 0.152 e. The van der Waals surface area contributed by atoms with E-state index < -0.39 is 17.5 Å². The molecule has 2 nitrogen and oxygen atoms in total. The van der Waals surface area contributed by atoms with Crippen molar-refractivity contribution >= 4 is 5.69 Å². The highest BCUT2D eigenvalue weighted by molar-refractivity contribution is 5.49. The predicted octanol–water partition coefficient (Wildman–Crippen LogP) is 2.29. The van der Waals surface area contributed by atoms with Crippen molar-refractivity contribution in [1.29, 1.82) is 0 Å². The molecule has 1 saturated heterocycles. The van der Waals surface area contributed by atoms with Crippen molar-refractivity contribution < 1.29 is 13.2 Å². The van der Waals surface area contributed by atoms with Crippen LogP contribution in [0.15, 0.2) is 12.1 Å². The number of benzene rings is 1. The molecule has 0 aromatic heterocycles. The molecule has 0 amide bonds. The second kappa shape index (κ2) is 4.96. The van der Waals surface area contributed by atoms with Gasteiger partial charge in [-0.3, -0.25) is 0 Å². The zero-order valence-electron chi connectivity index (χ0n) is 9.64. The average molecular weight is 244 g/mol. The third-order valence-electron chi connectivity index (χ3n) is 3.00. The van der Waals surface area contributed by atoms with Crippen molar-refractivity contribution in [3.05, 3.63) is 29.6 Å². The Morgan fingerprint density at radius 2 is 1.82 bits per heavy atom. The lowest BCUT2D eigenvalue weighted by molar-refractivity contribution is 0.536. The van der Waals surface area contributed by atoms with Crippen molar-refractivity contribution in [2.45, 2.75) is 19.4 Å². The highest BCUT2D eigenvalue weighted by Crippen LogP contribution is 2.25. The average Bonchev–Trinajstić information content (AvgIpc) is 2.42. The van der Waals surface area contributed by atoms with Crippen LogP contribution in [0.25, 0.3) is 0 Å². The normalized spacial score (nSPS) is 21.4. The third kappa shape index (κ3) is 2.72. The van der Waals surface area contributed by atoms with Crippen molar-refractivity contribution in [1.82, 2.24) is 5.32 Å². The number of halogens is 3. The number of hydrogen-bond donors (Lipinski definition) is 1. The van der Waals surface area contributed by atoms with Crippen LogP contribution in [0, 0.1) is 17.5 Å².